The molecule has 2 amide bonds. The molecule has 1 aliphatic heterocycles. The third kappa shape index (κ3) is 1.85. The molecule has 1 aliphatic rings. The SMILES string of the molecule is O=C1NC(=O)C(=Cc2ccc3[nH]ccc3c2)S1. The topological polar surface area (TPSA) is 62.0 Å². The number of fused-ring (bicyclic) bond motifs is 1. The van der Waals surface area contributed by atoms with Gasteiger partial charge in [0.2, 0.25) is 0 Å². The molecule has 0 saturated carbocycles. The molecule has 1 aromatic carbocycles. The van der Waals surface area contributed by atoms with E-state index in [2.05, 4.69) is 10.3 Å². The number of imide groups is 1. The van der Waals surface area contributed by atoms with E-state index in [0.29, 0.717) is 4.91 Å². The molecule has 0 spiro atoms. The molecule has 4 nitrogen and oxygen atoms in total. The number of benzene rings is 1. The minimum absolute atomic E-state index is 0.316. The van der Waals surface area contributed by atoms with Crippen LogP contribution in [0, 0.1) is 0 Å². The average Bonchev–Trinajstić information content (AvgIpc) is 2.85. The average molecular weight is 244 g/mol. The minimum atomic E-state index is -0.325. The van der Waals surface area contributed by atoms with E-state index in [9.17, 15) is 9.59 Å². The zero-order chi connectivity index (χ0) is 11.8. The summed E-state index contributed by atoms with van der Waals surface area (Å²) in [5.74, 6) is -0.325. The highest BCUT2D eigenvalue weighted by Crippen LogP contribution is 2.26. The first kappa shape index (κ1) is 10.2. The van der Waals surface area contributed by atoms with Crippen LogP contribution in [-0.4, -0.2) is 16.1 Å². The molecule has 2 heterocycles. The van der Waals surface area contributed by atoms with Crippen LogP contribution in [0.3, 0.4) is 0 Å². The van der Waals surface area contributed by atoms with Crippen LogP contribution in [0.1, 0.15) is 5.56 Å². The lowest BCUT2D eigenvalue weighted by atomic mass is 10.1. The van der Waals surface area contributed by atoms with Crippen molar-refractivity contribution < 1.29 is 9.59 Å². The van der Waals surface area contributed by atoms with Crippen LogP contribution < -0.4 is 5.32 Å². The Hall–Kier alpha value is -2.01. The number of rotatable bonds is 1. The molecule has 2 N–H and O–H groups in total. The van der Waals surface area contributed by atoms with Crippen molar-refractivity contribution in [1.29, 1.82) is 0 Å². The number of nitrogens with one attached hydrogen (secondary N) is 2. The van der Waals surface area contributed by atoms with E-state index in [-0.39, 0.29) is 11.1 Å². The molecule has 1 saturated heterocycles. The summed E-state index contributed by atoms with van der Waals surface area (Å²) in [5, 5.41) is 2.99. The van der Waals surface area contributed by atoms with Gasteiger partial charge in [0.15, 0.2) is 0 Å². The summed E-state index contributed by atoms with van der Waals surface area (Å²) in [6.45, 7) is 0. The zero-order valence-corrected chi connectivity index (χ0v) is 9.51. The van der Waals surface area contributed by atoms with Crippen LogP contribution in [0.15, 0.2) is 35.4 Å². The van der Waals surface area contributed by atoms with Crippen LogP contribution >= 0.6 is 11.8 Å². The lowest BCUT2D eigenvalue weighted by Gasteiger charge is -1.95. The van der Waals surface area contributed by atoms with Crippen molar-refractivity contribution in [3.05, 3.63) is 40.9 Å². The molecular formula is C12H8N2O2S. The smallest absolute Gasteiger partial charge is 0.290 e. The normalized spacial score (nSPS) is 18.0. The molecule has 0 bridgehead atoms. The van der Waals surface area contributed by atoms with Crippen LogP contribution in [0.2, 0.25) is 0 Å². The van der Waals surface area contributed by atoms with Gasteiger partial charge < -0.3 is 4.98 Å². The molecule has 3 rings (SSSR count). The van der Waals surface area contributed by atoms with E-state index in [1.165, 1.54) is 0 Å². The van der Waals surface area contributed by atoms with Gasteiger partial charge in [0.25, 0.3) is 11.1 Å². The van der Waals surface area contributed by atoms with Crippen molar-refractivity contribution in [2.45, 2.75) is 0 Å². The van der Waals surface area contributed by atoms with E-state index in [0.717, 1.165) is 28.2 Å². The highest BCUT2D eigenvalue weighted by atomic mass is 32.2. The van der Waals surface area contributed by atoms with Gasteiger partial charge in [0.05, 0.1) is 4.91 Å². The molecule has 84 valence electrons. The van der Waals surface area contributed by atoms with Crippen molar-refractivity contribution in [2.75, 3.05) is 0 Å². The Morgan fingerprint density at radius 1 is 1.18 bits per heavy atom. The number of carbonyl (C=O) groups is 2. The minimum Gasteiger partial charge on any atom is -0.361 e. The molecule has 2 aromatic rings. The third-order valence-electron chi connectivity index (χ3n) is 2.52. The van der Waals surface area contributed by atoms with Crippen molar-refractivity contribution in [3.8, 4) is 0 Å². The van der Waals surface area contributed by atoms with Gasteiger partial charge in [-0.05, 0) is 47.0 Å². The monoisotopic (exact) mass is 244 g/mol. The van der Waals surface area contributed by atoms with Gasteiger partial charge in [0, 0.05) is 11.7 Å². The van der Waals surface area contributed by atoms with E-state index in [1.807, 2.05) is 30.5 Å². The van der Waals surface area contributed by atoms with Gasteiger partial charge in [0.1, 0.15) is 0 Å². The van der Waals surface area contributed by atoms with Gasteiger partial charge in [-0.2, -0.15) is 0 Å². The fourth-order valence-electron chi connectivity index (χ4n) is 1.73. The van der Waals surface area contributed by atoms with Gasteiger partial charge in [-0.15, -0.1) is 0 Å². The molecule has 17 heavy (non-hydrogen) atoms. The number of carbonyl (C=O) groups excluding carboxylic acids is 2. The standard InChI is InChI=1S/C12H8N2O2S/c15-11-10(17-12(16)14-11)6-7-1-2-9-8(5-7)3-4-13-9/h1-6,13H,(H,14,15,16). The van der Waals surface area contributed by atoms with Crippen molar-refractivity contribution in [2.24, 2.45) is 0 Å². The maximum absolute atomic E-state index is 11.4. The molecule has 1 fully saturated rings. The highest BCUT2D eigenvalue weighted by molar-refractivity contribution is 8.18. The number of aromatic nitrogens is 1. The first-order valence-corrected chi connectivity index (χ1v) is 5.86. The Balaban J connectivity index is 2.01. The maximum Gasteiger partial charge on any atom is 0.290 e. The fraction of sp³-hybridized carbons (Fsp3) is 0. The molecule has 5 heteroatoms. The van der Waals surface area contributed by atoms with Crippen LogP contribution in [0.5, 0.6) is 0 Å². The molecule has 0 atom stereocenters. The quantitative estimate of drug-likeness (QED) is 0.757. The van der Waals surface area contributed by atoms with Crippen molar-refractivity contribution >= 4 is 39.9 Å². The highest BCUT2D eigenvalue weighted by Gasteiger charge is 2.24. The van der Waals surface area contributed by atoms with E-state index in [1.54, 1.807) is 6.08 Å². The summed E-state index contributed by atoms with van der Waals surface area (Å²) >= 11 is 0.930. The molecular weight excluding hydrogens is 236 g/mol. The number of hydrogen-bond acceptors (Lipinski definition) is 3. The third-order valence-corrected chi connectivity index (χ3v) is 3.33. The second-order valence-corrected chi connectivity index (χ2v) is 4.69. The summed E-state index contributed by atoms with van der Waals surface area (Å²) in [7, 11) is 0. The summed E-state index contributed by atoms with van der Waals surface area (Å²) in [6.07, 6.45) is 3.58. The van der Waals surface area contributed by atoms with Gasteiger partial charge in [-0.25, -0.2) is 0 Å². The number of thioether (sulfide) groups is 1. The predicted octanol–water partition coefficient (Wildman–Crippen LogP) is 2.49. The predicted molar refractivity (Wildman–Crippen MR) is 67.4 cm³/mol. The molecule has 1 aromatic heterocycles. The Bertz CT molecular complexity index is 657. The Morgan fingerprint density at radius 2 is 2.06 bits per heavy atom. The Morgan fingerprint density at radius 3 is 2.82 bits per heavy atom. The van der Waals surface area contributed by atoms with Crippen molar-refractivity contribution in [3.63, 3.8) is 0 Å². The number of hydrogen-bond donors (Lipinski definition) is 2. The van der Waals surface area contributed by atoms with E-state index in [4.69, 9.17) is 0 Å². The fourth-order valence-corrected chi connectivity index (χ4v) is 2.42. The second-order valence-electron chi connectivity index (χ2n) is 3.68. The molecule has 0 radical (unpaired) electrons. The number of H-pyrrole nitrogens is 1. The maximum atomic E-state index is 11.4. The second kappa shape index (κ2) is 3.78. The Labute approximate surface area is 101 Å². The molecule has 0 aliphatic carbocycles. The van der Waals surface area contributed by atoms with Crippen LogP contribution in [0.25, 0.3) is 17.0 Å². The lowest BCUT2D eigenvalue weighted by Crippen LogP contribution is -2.17. The summed E-state index contributed by atoms with van der Waals surface area (Å²) in [5.41, 5.74) is 1.95. The van der Waals surface area contributed by atoms with Crippen LogP contribution in [0.4, 0.5) is 4.79 Å². The van der Waals surface area contributed by atoms with Gasteiger partial charge >= 0.3 is 0 Å². The Kier molecular flexibility index (Phi) is 2.26. The lowest BCUT2D eigenvalue weighted by molar-refractivity contribution is -0.115. The van der Waals surface area contributed by atoms with Crippen molar-refractivity contribution in [1.82, 2.24) is 10.3 Å². The largest absolute Gasteiger partial charge is 0.361 e. The van der Waals surface area contributed by atoms with E-state index < -0.39 is 0 Å². The van der Waals surface area contributed by atoms with Crippen LogP contribution in [-0.2, 0) is 4.79 Å². The summed E-state index contributed by atoms with van der Waals surface area (Å²) in [4.78, 5) is 25.9. The van der Waals surface area contributed by atoms with Gasteiger partial charge in [-0.1, -0.05) is 6.07 Å². The first-order valence-electron chi connectivity index (χ1n) is 5.04. The summed E-state index contributed by atoms with van der Waals surface area (Å²) < 4.78 is 0. The molecule has 0 unspecified atom stereocenters. The zero-order valence-electron chi connectivity index (χ0n) is 8.69. The number of amides is 2. The van der Waals surface area contributed by atoms with E-state index >= 15 is 0 Å². The van der Waals surface area contributed by atoms with Gasteiger partial charge in [-0.3, -0.25) is 14.9 Å². The summed E-state index contributed by atoms with van der Waals surface area (Å²) in [6, 6.07) is 7.78. The number of aromatic amines is 1. The first-order chi connectivity index (χ1) is 8.22.